The standard InChI is InChI=1S/C22H30N6O7S/c1-11(2)12(3)25-19-16(18(23)29)10-24-22(28-19)27-14-7-8-17(35-36(6,32)33)15(9-14)20(30)26-13(4)21(31)34-5/h7-13H,1-6H3,(H2,23,29)(H,26,30)(H2,24,25,27,28). The molecule has 5 N–H and O–H groups in total. The number of nitrogens with two attached hydrogens (primary N) is 1. The first-order chi connectivity index (χ1) is 16.7. The van der Waals surface area contributed by atoms with Gasteiger partial charge >= 0.3 is 16.1 Å². The van der Waals surface area contributed by atoms with Crippen LogP contribution in [0.4, 0.5) is 17.5 Å². The molecule has 1 aromatic carbocycles. The molecule has 0 aliphatic carbocycles. The van der Waals surface area contributed by atoms with E-state index in [0.29, 0.717) is 5.69 Å². The zero-order valence-electron chi connectivity index (χ0n) is 20.8. The predicted molar refractivity (Wildman–Crippen MR) is 133 cm³/mol. The number of carbonyl (C=O) groups excluding carboxylic acids is 3. The maximum Gasteiger partial charge on any atom is 0.328 e. The topological polar surface area (TPSA) is 192 Å². The molecule has 0 saturated carbocycles. The molecular weight excluding hydrogens is 492 g/mol. The van der Waals surface area contributed by atoms with Gasteiger partial charge in [0.1, 0.15) is 11.9 Å². The largest absolute Gasteiger partial charge is 0.467 e. The first-order valence-electron chi connectivity index (χ1n) is 10.8. The van der Waals surface area contributed by atoms with Crippen LogP contribution in [-0.4, -0.2) is 61.6 Å². The number of carbonyl (C=O) groups is 3. The third-order valence-corrected chi connectivity index (χ3v) is 5.52. The highest BCUT2D eigenvalue weighted by Gasteiger charge is 2.22. The summed E-state index contributed by atoms with van der Waals surface area (Å²) in [6.45, 7) is 7.32. The Morgan fingerprint density at radius 3 is 2.31 bits per heavy atom. The van der Waals surface area contributed by atoms with Crippen LogP contribution in [0.1, 0.15) is 48.4 Å². The molecule has 2 atom stereocenters. The number of ether oxygens (including phenoxy) is 1. The second-order valence-electron chi connectivity index (χ2n) is 8.34. The van der Waals surface area contributed by atoms with Crippen molar-refractivity contribution in [1.82, 2.24) is 15.3 Å². The van der Waals surface area contributed by atoms with E-state index in [1.807, 2.05) is 20.8 Å². The van der Waals surface area contributed by atoms with Crippen molar-refractivity contribution in [3.63, 3.8) is 0 Å². The zero-order chi connectivity index (χ0) is 27.2. The number of methoxy groups -OCH3 is 1. The normalized spacial score (nSPS) is 12.9. The molecule has 13 nitrogen and oxygen atoms in total. The Balaban J connectivity index is 2.44. The van der Waals surface area contributed by atoms with Gasteiger partial charge in [-0.1, -0.05) is 13.8 Å². The molecule has 1 heterocycles. The summed E-state index contributed by atoms with van der Waals surface area (Å²) in [6.07, 6.45) is 2.10. The van der Waals surface area contributed by atoms with Gasteiger partial charge in [0.15, 0.2) is 5.75 Å². The van der Waals surface area contributed by atoms with Crippen LogP contribution in [0.2, 0.25) is 0 Å². The van der Waals surface area contributed by atoms with Crippen molar-refractivity contribution in [3.05, 3.63) is 35.5 Å². The number of rotatable bonds is 11. The summed E-state index contributed by atoms with van der Waals surface area (Å²) in [5, 5.41) is 8.44. The maximum absolute atomic E-state index is 12.8. The first-order valence-corrected chi connectivity index (χ1v) is 12.7. The lowest BCUT2D eigenvalue weighted by molar-refractivity contribution is -0.142. The highest BCUT2D eigenvalue weighted by molar-refractivity contribution is 7.86. The number of esters is 1. The van der Waals surface area contributed by atoms with Gasteiger partial charge in [0, 0.05) is 17.9 Å². The molecule has 1 aromatic heterocycles. The fraction of sp³-hybridized carbons (Fsp3) is 0.409. The molecule has 0 radical (unpaired) electrons. The van der Waals surface area contributed by atoms with E-state index in [9.17, 15) is 22.8 Å². The summed E-state index contributed by atoms with van der Waals surface area (Å²) >= 11 is 0. The molecule has 2 unspecified atom stereocenters. The summed E-state index contributed by atoms with van der Waals surface area (Å²) in [7, 11) is -2.79. The second kappa shape index (κ2) is 11.7. The van der Waals surface area contributed by atoms with Crippen LogP contribution in [-0.2, 0) is 19.6 Å². The Labute approximate surface area is 209 Å². The van der Waals surface area contributed by atoms with Gasteiger partial charge in [-0.25, -0.2) is 9.78 Å². The van der Waals surface area contributed by atoms with E-state index >= 15 is 0 Å². The predicted octanol–water partition coefficient (Wildman–Crippen LogP) is 1.41. The summed E-state index contributed by atoms with van der Waals surface area (Å²) in [4.78, 5) is 44.8. The number of primary amides is 1. The fourth-order valence-corrected chi connectivity index (χ4v) is 3.25. The number of nitrogens with zero attached hydrogens (tertiary/aromatic N) is 2. The van der Waals surface area contributed by atoms with Crippen molar-refractivity contribution < 1.29 is 31.7 Å². The zero-order valence-corrected chi connectivity index (χ0v) is 21.6. The van der Waals surface area contributed by atoms with Crippen LogP contribution >= 0.6 is 0 Å². The van der Waals surface area contributed by atoms with Crippen molar-refractivity contribution >= 4 is 45.4 Å². The number of amides is 2. The summed E-state index contributed by atoms with van der Waals surface area (Å²) in [5.74, 6) is -1.91. The summed E-state index contributed by atoms with van der Waals surface area (Å²) in [5.41, 5.74) is 5.65. The summed E-state index contributed by atoms with van der Waals surface area (Å²) < 4.78 is 32.9. The van der Waals surface area contributed by atoms with Gasteiger partial charge in [-0.15, -0.1) is 0 Å². The monoisotopic (exact) mass is 522 g/mol. The molecule has 0 aliphatic rings. The average Bonchev–Trinajstić information content (AvgIpc) is 2.78. The van der Waals surface area contributed by atoms with Gasteiger partial charge < -0.3 is 30.6 Å². The molecule has 14 heteroatoms. The number of aromatic nitrogens is 2. The highest BCUT2D eigenvalue weighted by atomic mass is 32.2. The lowest BCUT2D eigenvalue weighted by atomic mass is 10.1. The van der Waals surface area contributed by atoms with Crippen LogP contribution in [0.25, 0.3) is 0 Å². The molecule has 0 aliphatic heterocycles. The molecule has 2 amide bonds. The average molecular weight is 523 g/mol. The van der Waals surface area contributed by atoms with Crippen LogP contribution in [0.3, 0.4) is 0 Å². The van der Waals surface area contributed by atoms with Crippen LogP contribution in [0.15, 0.2) is 24.4 Å². The molecule has 0 fully saturated rings. The van der Waals surface area contributed by atoms with Gasteiger partial charge in [0.2, 0.25) is 5.95 Å². The number of nitrogens with one attached hydrogen (secondary N) is 3. The minimum atomic E-state index is -3.96. The Hall–Kier alpha value is -3.94. The molecular formula is C22H30N6O7S. The molecule has 196 valence electrons. The lowest BCUT2D eigenvalue weighted by Gasteiger charge is -2.20. The molecule has 2 rings (SSSR count). The van der Waals surface area contributed by atoms with Gasteiger partial charge in [0.05, 0.1) is 24.5 Å². The molecule has 0 saturated heterocycles. The Morgan fingerprint density at radius 1 is 1.08 bits per heavy atom. The van der Waals surface area contributed by atoms with Gasteiger partial charge in [-0.2, -0.15) is 13.4 Å². The van der Waals surface area contributed by atoms with Gasteiger partial charge in [-0.3, -0.25) is 9.59 Å². The lowest BCUT2D eigenvalue weighted by Crippen LogP contribution is -2.39. The van der Waals surface area contributed by atoms with Crippen molar-refractivity contribution in [2.45, 2.75) is 39.8 Å². The van der Waals surface area contributed by atoms with Crippen LogP contribution < -0.4 is 25.9 Å². The fourth-order valence-electron chi connectivity index (χ4n) is 2.77. The van der Waals surface area contributed by atoms with Crippen molar-refractivity contribution in [2.75, 3.05) is 24.0 Å². The van der Waals surface area contributed by atoms with Crippen molar-refractivity contribution in [2.24, 2.45) is 11.7 Å². The van der Waals surface area contributed by atoms with E-state index in [1.165, 1.54) is 38.4 Å². The molecule has 36 heavy (non-hydrogen) atoms. The van der Waals surface area contributed by atoms with E-state index in [-0.39, 0.29) is 40.6 Å². The number of benzene rings is 1. The Bertz CT molecular complexity index is 1250. The van der Waals surface area contributed by atoms with E-state index < -0.39 is 33.9 Å². The third kappa shape index (κ3) is 7.80. The molecule has 2 aromatic rings. The van der Waals surface area contributed by atoms with E-state index in [0.717, 1.165) is 6.26 Å². The Morgan fingerprint density at radius 2 is 1.75 bits per heavy atom. The SMILES string of the molecule is COC(=O)C(C)NC(=O)c1cc(Nc2ncc(C(N)=O)c(NC(C)C(C)C)n2)ccc1OS(C)(=O)=O. The third-order valence-electron chi connectivity index (χ3n) is 5.04. The van der Waals surface area contributed by atoms with Gasteiger partial charge in [0.25, 0.3) is 11.8 Å². The minimum absolute atomic E-state index is 0.0367. The van der Waals surface area contributed by atoms with E-state index in [2.05, 4.69) is 30.7 Å². The molecule has 0 spiro atoms. The quantitative estimate of drug-likeness (QED) is 0.246. The summed E-state index contributed by atoms with van der Waals surface area (Å²) in [6, 6.07) is 2.96. The van der Waals surface area contributed by atoms with Crippen LogP contribution in [0, 0.1) is 5.92 Å². The number of hydrogen-bond donors (Lipinski definition) is 4. The smallest absolute Gasteiger partial charge is 0.328 e. The minimum Gasteiger partial charge on any atom is -0.467 e. The van der Waals surface area contributed by atoms with E-state index in [4.69, 9.17) is 9.92 Å². The highest BCUT2D eigenvalue weighted by Crippen LogP contribution is 2.26. The van der Waals surface area contributed by atoms with Crippen molar-refractivity contribution in [1.29, 1.82) is 0 Å². The second-order valence-corrected chi connectivity index (χ2v) is 9.91. The van der Waals surface area contributed by atoms with Gasteiger partial charge in [-0.05, 0) is 38.0 Å². The van der Waals surface area contributed by atoms with Crippen molar-refractivity contribution in [3.8, 4) is 5.75 Å². The van der Waals surface area contributed by atoms with Crippen LogP contribution in [0.5, 0.6) is 5.75 Å². The molecule has 0 bridgehead atoms. The van der Waals surface area contributed by atoms with E-state index in [1.54, 1.807) is 0 Å². The number of hydrogen-bond acceptors (Lipinski definition) is 11. The maximum atomic E-state index is 12.8. The Kier molecular flexibility index (Phi) is 9.17. The number of anilines is 3. The first kappa shape index (κ1) is 28.3.